The van der Waals surface area contributed by atoms with Gasteiger partial charge in [0.15, 0.2) is 0 Å². The SMILES string of the molecule is O=C(Cn1ccc(-c2ccc(OCCNCC(O)c3cccnc3)cc2)n1)N1CCCC1. The standard InChI is InChI=1S/C24H29N5O3/c30-23(20-4-3-10-25-16-20)17-26-11-15-32-21-7-5-19(6-8-21)22-9-14-29(27-22)18-24(31)28-12-1-2-13-28/h3-10,14,16,23,26,30H,1-2,11-13,15,17-18H2. The van der Waals surface area contributed by atoms with Gasteiger partial charge in [0.2, 0.25) is 5.91 Å². The van der Waals surface area contributed by atoms with Crippen LogP contribution in [0.1, 0.15) is 24.5 Å². The number of nitrogens with zero attached hydrogens (tertiary/aromatic N) is 4. The Kier molecular flexibility index (Phi) is 7.47. The molecule has 4 rings (SSSR count). The highest BCUT2D eigenvalue weighted by Gasteiger charge is 2.18. The fourth-order valence-corrected chi connectivity index (χ4v) is 3.70. The quantitative estimate of drug-likeness (QED) is 0.475. The molecule has 0 bridgehead atoms. The summed E-state index contributed by atoms with van der Waals surface area (Å²) in [6, 6.07) is 13.3. The van der Waals surface area contributed by atoms with Gasteiger partial charge < -0.3 is 20.1 Å². The van der Waals surface area contributed by atoms with Crippen molar-refractivity contribution in [3.8, 4) is 17.0 Å². The van der Waals surface area contributed by atoms with Gasteiger partial charge in [-0.3, -0.25) is 14.5 Å². The van der Waals surface area contributed by atoms with Gasteiger partial charge in [-0.1, -0.05) is 6.07 Å². The number of pyridine rings is 1. The summed E-state index contributed by atoms with van der Waals surface area (Å²) in [5.74, 6) is 0.898. The van der Waals surface area contributed by atoms with Crippen LogP contribution in [0.3, 0.4) is 0 Å². The number of aliphatic hydroxyl groups is 1. The number of amides is 1. The molecule has 0 radical (unpaired) electrons. The zero-order chi connectivity index (χ0) is 22.2. The van der Waals surface area contributed by atoms with Crippen molar-refractivity contribution in [3.63, 3.8) is 0 Å². The van der Waals surface area contributed by atoms with Gasteiger partial charge in [-0.15, -0.1) is 0 Å². The Bertz CT molecular complexity index is 984. The number of likely N-dealkylation sites (tertiary alicyclic amines) is 1. The summed E-state index contributed by atoms with van der Waals surface area (Å²) in [5.41, 5.74) is 2.60. The number of carbonyl (C=O) groups is 1. The largest absolute Gasteiger partial charge is 0.492 e. The number of nitrogens with one attached hydrogen (secondary N) is 1. The zero-order valence-electron chi connectivity index (χ0n) is 18.1. The summed E-state index contributed by atoms with van der Waals surface area (Å²) in [4.78, 5) is 18.2. The first-order valence-corrected chi connectivity index (χ1v) is 11.0. The van der Waals surface area contributed by atoms with Crippen molar-refractivity contribution < 1.29 is 14.6 Å². The van der Waals surface area contributed by atoms with E-state index in [4.69, 9.17) is 4.74 Å². The molecule has 8 nitrogen and oxygen atoms in total. The number of aromatic nitrogens is 3. The van der Waals surface area contributed by atoms with E-state index in [1.165, 1.54) is 0 Å². The van der Waals surface area contributed by atoms with E-state index in [1.54, 1.807) is 17.1 Å². The van der Waals surface area contributed by atoms with Gasteiger partial charge in [0, 0.05) is 55.9 Å². The van der Waals surface area contributed by atoms with Crippen LogP contribution >= 0.6 is 0 Å². The molecule has 8 heteroatoms. The normalized spacial score (nSPS) is 14.5. The molecule has 3 heterocycles. The number of hydrogen-bond acceptors (Lipinski definition) is 6. The lowest BCUT2D eigenvalue weighted by atomic mass is 10.1. The molecule has 2 aromatic heterocycles. The second-order valence-electron chi connectivity index (χ2n) is 7.87. The topological polar surface area (TPSA) is 92.5 Å². The van der Waals surface area contributed by atoms with E-state index in [1.807, 2.05) is 53.6 Å². The first-order valence-electron chi connectivity index (χ1n) is 11.0. The number of benzene rings is 1. The fourth-order valence-electron chi connectivity index (χ4n) is 3.70. The molecule has 1 aliphatic rings. The van der Waals surface area contributed by atoms with Crippen LogP contribution in [0.5, 0.6) is 5.75 Å². The van der Waals surface area contributed by atoms with Gasteiger partial charge in [0.1, 0.15) is 18.9 Å². The summed E-state index contributed by atoms with van der Waals surface area (Å²) < 4.78 is 7.47. The Hall–Kier alpha value is -3.23. The van der Waals surface area contributed by atoms with Gasteiger partial charge >= 0.3 is 0 Å². The van der Waals surface area contributed by atoms with E-state index in [0.717, 1.165) is 48.5 Å². The molecule has 1 atom stereocenters. The summed E-state index contributed by atoms with van der Waals surface area (Å²) in [6.07, 6.45) is 6.79. The number of hydrogen-bond donors (Lipinski definition) is 2. The van der Waals surface area contributed by atoms with Crippen molar-refractivity contribution in [2.75, 3.05) is 32.8 Å². The van der Waals surface area contributed by atoms with Crippen LogP contribution < -0.4 is 10.1 Å². The second-order valence-corrected chi connectivity index (χ2v) is 7.87. The Labute approximate surface area is 187 Å². The highest BCUT2D eigenvalue weighted by molar-refractivity contribution is 5.76. The highest BCUT2D eigenvalue weighted by atomic mass is 16.5. The van der Waals surface area contributed by atoms with Crippen LogP contribution in [0.15, 0.2) is 61.1 Å². The molecule has 32 heavy (non-hydrogen) atoms. The van der Waals surface area contributed by atoms with Crippen LogP contribution in [-0.2, 0) is 11.3 Å². The number of aliphatic hydroxyl groups excluding tert-OH is 1. The Balaban J connectivity index is 1.20. The molecule has 1 fully saturated rings. The molecule has 168 valence electrons. The first kappa shape index (κ1) is 22.0. The van der Waals surface area contributed by atoms with Gasteiger partial charge in [-0.2, -0.15) is 5.10 Å². The average Bonchev–Trinajstić information content (AvgIpc) is 3.52. The third-order valence-electron chi connectivity index (χ3n) is 5.50. The maximum absolute atomic E-state index is 12.3. The molecule has 0 aliphatic carbocycles. The smallest absolute Gasteiger partial charge is 0.244 e. The number of rotatable bonds is 10. The molecule has 0 saturated carbocycles. The van der Waals surface area contributed by atoms with Crippen molar-refractivity contribution in [2.24, 2.45) is 0 Å². The monoisotopic (exact) mass is 435 g/mol. The van der Waals surface area contributed by atoms with Crippen LogP contribution in [0.25, 0.3) is 11.3 Å². The first-order chi connectivity index (χ1) is 15.7. The maximum atomic E-state index is 12.3. The second kappa shape index (κ2) is 10.9. The molecule has 1 amide bonds. The van der Waals surface area contributed by atoms with Gasteiger partial charge in [0.05, 0.1) is 11.8 Å². The van der Waals surface area contributed by atoms with Gasteiger partial charge in [-0.25, -0.2) is 0 Å². The molecule has 0 spiro atoms. The van der Waals surface area contributed by atoms with Crippen LogP contribution in [0.4, 0.5) is 0 Å². The Morgan fingerprint density at radius 3 is 2.72 bits per heavy atom. The minimum atomic E-state index is -0.589. The summed E-state index contributed by atoms with van der Waals surface area (Å²) in [6.45, 7) is 3.55. The van der Waals surface area contributed by atoms with E-state index in [0.29, 0.717) is 19.7 Å². The van der Waals surface area contributed by atoms with Gasteiger partial charge in [-0.05, 0) is 49.2 Å². The van der Waals surface area contributed by atoms with Crippen LogP contribution in [0, 0.1) is 0 Å². The predicted molar refractivity (Wildman–Crippen MR) is 121 cm³/mol. The molecule has 1 saturated heterocycles. The number of ether oxygens (including phenoxy) is 1. The molecule has 2 N–H and O–H groups in total. The molecular formula is C24H29N5O3. The van der Waals surface area contributed by atoms with Crippen LogP contribution in [0.2, 0.25) is 0 Å². The van der Waals surface area contributed by atoms with E-state index < -0.39 is 6.10 Å². The minimum absolute atomic E-state index is 0.127. The number of carbonyl (C=O) groups excluding carboxylic acids is 1. The molecule has 1 aliphatic heterocycles. The summed E-state index contributed by atoms with van der Waals surface area (Å²) in [7, 11) is 0. The zero-order valence-corrected chi connectivity index (χ0v) is 18.1. The predicted octanol–water partition coefficient (Wildman–Crippen LogP) is 2.27. The van der Waals surface area contributed by atoms with Gasteiger partial charge in [0.25, 0.3) is 0 Å². The third-order valence-corrected chi connectivity index (χ3v) is 5.50. The maximum Gasteiger partial charge on any atom is 0.244 e. The molecule has 3 aromatic rings. The summed E-state index contributed by atoms with van der Waals surface area (Å²) >= 11 is 0. The average molecular weight is 436 g/mol. The minimum Gasteiger partial charge on any atom is -0.492 e. The van der Waals surface area contributed by atoms with Crippen molar-refractivity contribution in [2.45, 2.75) is 25.5 Å². The molecular weight excluding hydrogens is 406 g/mol. The van der Waals surface area contributed by atoms with E-state index >= 15 is 0 Å². The van der Waals surface area contributed by atoms with Crippen molar-refractivity contribution in [1.82, 2.24) is 25.0 Å². The van der Waals surface area contributed by atoms with Crippen molar-refractivity contribution in [3.05, 3.63) is 66.6 Å². The van der Waals surface area contributed by atoms with Crippen molar-refractivity contribution >= 4 is 5.91 Å². The Morgan fingerprint density at radius 2 is 1.97 bits per heavy atom. The van der Waals surface area contributed by atoms with Crippen molar-refractivity contribution in [1.29, 1.82) is 0 Å². The lowest BCUT2D eigenvalue weighted by molar-refractivity contribution is -0.130. The lowest BCUT2D eigenvalue weighted by Gasteiger charge is -2.14. The lowest BCUT2D eigenvalue weighted by Crippen LogP contribution is -2.31. The molecule has 1 aromatic carbocycles. The highest BCUT2D eigenvalue weighted by Crippen LogP contribution is 2.21. The van der Waals surface area contributed by atoms with E-state index in [-0.39, 0.29) is 12.5 Å². The molecule has 1 unspecified atom stereocenters. The van der Waals surface area contributed by atoms with E-state index in [9.17, 15) is 9.90 Å². The third kappa shape index (κ3) is 5.93. The van der Waals surface area contributed by atoms with Crippen LogP contribution in [-0.4, -0.2) is 63.5 Å². The fraction of sp³-hybridized carbons (Fsp3) is 0.375. The van der Waals surface area contributed by atoms with E-state index in [2.05, 4.69) is 15.4 Å². The Morgan fingerprint density at radius 1 is 1.16 bits per heavy atom. The summed E-state index contributed by atoms with van der Waals surface area (Å²) in [5, 5.41) is 17.8.